The van der Waals surface area contributed by atoms with Gasteiger partial charge in [-0.3, -0.25) is 19.4 Å². The number of ether oxygens (including phenoxy) is 3. The second kappa shape index (κ2) is 10.9. The standard InChI is InChI=1S/C28H32N4O5S/c33-26(29-15-19-3-8-24-25(13-19)37-17-36-24)20-4-1-18(2-5-20)16-32-27(34)22-14-21(31-9-11-35-12-10-31)6-7-23(22)30-28(32)38/h1-5,8,13,21-23H,6-7,9-12,14-17H2,(H,29,33)(H,30,38). The number of carbonyl (C=O) groups is 2. The Kier molecular flexibility index (Phi) is 7.18. The molecule has 1 saturated carbocycles. The fraction of sp³-hybridized carbons (Fsp3) is 0.464. The third-order valence-corrected chi connectivity index (χ3v) is 8.31. The van der Waals surface area contributed by atoms with Crippen molar-refractivity contribution in [2.45, 2.75) is 44.4 Å². The van der Waals surface area contributed by atoms with Crippen molar-refractivity contribution >= 4 is 29.1 Å². The summed E-state index contributed by atoms with van der Waals surface area (Å²) in [6, 6.07) is 13.5. The molecule has 200 valence electrons. The lowest BCUT2D eigenvalue weighted by atomic mass is 9.79. The zero-order valence-corrected chi connectivity index (χ0v) is 22.0. The Balaban J connectivity index is 1.05. The lowest BCUT2D eigenvalue weighted by molar-refractivity contribution is -0.136. The summed E-state index contributed by atoms with van der Waals surface area (Å²) in [5.41, 5.74) is 2.41. The number of benzene rings is 2. The molecular weight excluding hydrogens is 504 g/mol. The SMILES string of the molecule is O=C(NCc1ccc2c(c1)OCO2)c1ccc(CN2C(=O)C3CC(N4CCOCC4)CCC3NC2=S)cc1. The Morgan fingerprint density at radius 2 is 1.79 bits per heavy atom. The van der Waals surface area contributed by atoms with E-state index in [1.807, 2.05) is 30.3 Å². The molecule has 0 bridgehead atoms. The fourth-order valence-corrected chi connectivity index (χ4v) is 6.14. The van der Waals surface area contributed by atoms with Crippen LogP contribution in [-0.2, 0) is 22.6 Å². The van der Waals surface area contributed by atoms with Gasteiger partial charge >= 0.3 is 0 Å². The summed E-state index contributed by atoms with van der Waals surface area (Å²) in [6.45, 7) is 4.38. The van der Waals surface area contributed by atoms with Gasteiger partial charge in [0.05, 0.1) is 25.7 Å². The first-order valence-corrected chi connectivity index (χ1v) is 13.7. The van der Waals surface area contributed by atoms with E-state index in [1.165, 1.54) is 0 Å². The molecule has 0 spiro atoms. The Hall–Kier alpha value is -3.21. The van der Waals surface area contributed by atoms with Gasteiger partial charge in [-0.05, 0) is 66.9 Å². The molecule has 9 nitrogen and oxygen atoms in total. The van der Waals surface area contributed by atoms with Gasteiger partial charge in [0.15, 0.2) is 16.6 Å². The maximum Gasteiger partial charge on any atom is 0.251 e. The van der Waals surface area contributed by atoms with Gasteiger partial charge in [-0.15, -0.1) is 0 Å². The maximum atomic E-state index is 13.5. The van der Waals surface area contributed by atoms with Crippen molar-refractivity contribution in [3.05, 3.63) is 59.2 Å². The number of fused-ring (bicyclic) bond motifs is 2. The van der Waals surface area contributed by atoms with Crippen molar-refractivity contribution < 1.29 is 23.8 Å². The quantitative estimate of drug-likeness (QED) is 0.544. The van der Waals surface area contributed by atoms with Gasteiger partial charge < -0.3 is 24.8 Å². The molecule has 1 aliphatic carbocycles. The molecule has 3 fully saturated rings. The Morgan fingerprint density at radius 1 is 1.03 bits per heavy atom. The molecule has 0 aromatic heterocycles. The van der Waals surface area contributed by atoms with Crippen molar-refractivity contribution in [3.8, 4) is 11.5 Å². The first-order valence-electron chi connectivity index (χ1n) is 13.2. The minimum Gasteiger partial charge on any atom is -0.454 e. The predicted octanol–water partition coefficient (Wildman–Crippen LogP) is 2.43. The number of nitrogens with one attached hydrogen (secondary N) is 2. The van der Waals surface area contributed by atoms with Crippen LogP contribution in [-0.4, -0.2) is 71.9 Å². The van der Waals surface area contributed by atoms with Gasteiger partial charge in [-0.25, -0.2) is 0 Å². The van der Waals surface area contributed by atoms with Crippen LogP contribution in [0.25, 0.3) is 0 Å². The van der Waals surface area contributed by atoms with Crippen LogP contribution in [0.15, 0.2) is 42.5 Å². The van der Waals surface area contributed by atoms with Crippen LogP contribution in [0.1, 0.15) is 40.7 Å². The molecule has 2 aromatic carbocycles. The number of hydrogen-bond acceptors (Lipinski definition) is 7. The van der Waals surface area contributed by atoms with Crippen molar-refractivity contribution in [1.82, 2.24) is 20.4 Å². The molecule has 6 rings (SSSR count). The van der Waals surface area contributed by atoms with E-state index in [0.717, 1.165) is 56.7 Å². The van der Waals surface area contributed by atoms with Gasteiger partial charge in [0.25, 0.3) is 5.91 Å². The molecule has 3 heterocycles. The van der Waals surface area contributed by atoms with Crippen molar-refractivity contribution in [2.75, 3.05) is 33.1 Å². The highest BCUT2D eigenvalue weighted by atomic mass is 32.1. The molecule has 2 aromatic rings. The average molecular weight is 537 g/mol. The number of nitrogens with zero attached hydrogens (tertiary/aromatic N) is 2. The van der Waals surface area contributed by atoms with E-state index in [4.69, 9.17) is 26.4 Å². The van der Waals surface area contributed by atoms with E-state index in [-0.39, 0.29) is 30.6 Å². The van der Waals surface area contributed by atoms with Crippen LogP contribution in [0.4, 0.5) is 0 Å². The average Bonchev–Trinajstić information content (AvgIpc) is 3.43. The highest BCUT2D eigenvalue weighted by molar-refractivity contribution is 7.80. The molecule has 38 heavy (non-hydrogen) atoms. The maximum absolute atomic E-state index is 13.5. The van der Waals surface area contributed by atoms with Crippen LogP contribution in [0.5, 0.6) is 11.5 Å². The van der Waals surface area contributed by atoms with Crippen LogP contribution < -0.4 is 20.1 Å². The highest BCUT2D eigenvalue weighted by Gasteiger charge is 2.44. The van der Waals surface area contributed by atoms with Gasteiger partial charge in [0, 0.05) is 37.3 Å². The number of morpholine rings is 1. The Morgan fingerprint density at radius 3 is 2.61 bits per heavy atom. The molecule has 10 heteroatoms. The van der Waals surface area contributed by atoms with E-state index in [0.29, 0.717) is 41.3 Å². The number of carbonyl (C=O) groups excluding carboxylic acids is 2. The lowest BCUT2D eigenvalue weighted by Crippen LogP contribution is -2.62. The van der Waals surface area contributed by atoms with E-state index in [1.54, 1.807) is 17.0 Å². The minimum absolute atomic E-state index is 0.0791. The van der Waals surface area contributed by atoms with Crippen LogP contribution in [0, 0.1) is 5.92 Å². The van der Waals surface area contributed by atoms with E-state index < -0.39 is 0 Å². The van der Waals surface area contributed by atoms with Crippen molar-refractivity contribution in [2.24, 2.45) is 5.92 Å². The summed E-state index contributed by atoms with van der Waals surface area (Å²) in [4.78, 5) is 30.4. The molecule has 0 radical (unpaired) electrons. The zero-order valence-electron chi connectivity index (χ0n) is 21.2. The number of hydrogen-bond donors (Lipinski definition) is 2. The summed E-state index contributed by atoms with van der Waals surface area (Å²) in [6.07, 6.45) is 2.86. The fourth-order valence-electron chi connectivity index (χ4n) is 5.83. The smallest absolute Gasteiger partial charge is 0.251 e. The van der Waals surface area contributed by atoms with Crippen molar-refractivity contribution in [3.63, 3.8) is 0 Å². The number of thiocarbonyl (C=S) groups is 1. The number of rotatable bonds is 6. The zero-order chi connectivity index (χ0) is 26.1. The second-order valence-electron chi connectivity index (χ2n) is 10.3. The molecule has 2 saturated heterocycles. The monoisotopic (exact) mass is 536 g/mol. The largest absolute Gasteiger partial charge is 0.454 e. The molecule has 3 unspecified atom stereocenters. The van der Waals surface area contributed by atoms with Crippen LogP contribution in [0.3, 0.4) is 0 Å². The Bertz CT molecular complexity index is 1220. The van der Waals surface area contributed by atoms with Gasteiger partial charge in [0.1, 0.15) is 0 Å². The highest BCUT2D eigenvalue weighted by Crippen LogP contribution is 2.34. The lowest BCUT2D eigenvalue weighted by Gasteiger charge is -2.46. The third-order valence-electron chi connectivity index (χ3n) is 7.97. The van der Waals surface area contributed by atoms with Gasteiger partial charge in [-0.2, -0.15) is 0 Å². The molecule has 3 aliphatic heterocycles. The molecule has 3 atom stereocenters. The summed E-state index contributed by atoms with van der Waals surface area (Å²) >= 11 is 5.59. The molecular formula is C28H32N4O5S. The minimum atomic E-state index is -0.167. The van der Waals surface area contributed by atoms with Gasteiger partial charge in [0.2, 0.25) is 12.7 Å². The topological polar surface area (TPSA) is 92.4 Å². The van der Waals surface area contributed by atoms with Crippen LogP contribution in [0.2, 0.25) is 0 Å². The first kappa shape index (κ1) is 25.1. The third kappa shape index (κ3) is 5.21. The summed E-state index contributed by atoms with van der Waals surface area (Å²) < 4.78 is 16.2. The number of amides is 2. The van der Waals surface area contributed by atoms with E-state index >= 15 is 0 Å². The second-order valence-corrected chi connectivity index (χ2v) is 10.7. The molecule has 2 amide bonds. The predicted molar refractivity (Wildman–Crippen MR) is 144 cm³/mol. The summed E-state index contributed by atoms with van der Waals surface area (Å²) in [5, 5.41) is 6.87. The summed E-state index contributed by atoms with van der Waals surface area (Å²) in [5.74, 6) is 1.26. The van der Waals surface area contributed by atoms with E-state index in [2.05, 4.69) is 15.5 Å². The Labute approximate surface area is 227 Å². The van der Waals surface area contributed by atoms with Crippen LogP contribution >= 0.6 is 12.2 Å². The normalized spacial score (nSPS) is 25.1. The van der Waals surface area contributed by atoms with E-state index in [9.17, 15) is 9.59 Å². The molecule has 2 N–H and O–H groups in total. The van der Waals surface area contributed by atoms with Crippen molar-refractivity contribution in [1.29, 1.82) is 0 Å². The first-order chi connectivity index (χ1) is 18.5. The van der Waals surface area contributed by atoms with Gasteiger partial charge in [-0.1, -0.05) is 18.2 Å². The molecule has 4 aliphatic rings. The summed E-state index contributed by atoms with van der Waals surface area (Å²) in [7, 11) is 0.